The number of benzene rings is 1. The summed E-state index contributed by atoms with van der Waals surface area (Å²) >= 11 is 1.47. The van der Waals surface area contributed by atoms with Crippen molar-refractivity contribution in [2.45, 2.75) is 4.90 Å². The molecule has 0 fully saturated rings. The molecule has 2 amide bonds. The average molecular weight is 286 g/mol. The Labute approximate surface area is 119 Å². The number of aromatic nitrogens is 2. The molecule has 0 unspecified atom stereocenters. The Morgan fingerprint density at radius 3 is 3.05 bits per heavy atom. The van der Waals surface area contributed by atoms with Crippen LogP contribution in [-0.2, 0) is 4.79 Å². The summed E-state index contributed by atoms with van der Waals surface area (Å²) in [5.74, 6) is 0.0333. The SMILES string of the molecule is O=C1CSc2ccc(NC(=O)c3cnccn3)cc2N1. The van der Waals surface area contributed by atoms with Crippen LogP contribution < -0.4 is 10.6 Å². The highest BCUT2D eigenvalue weighted by atomic mass is 32.2. The highest BCUT2D eigenvalue weighted by Gasteiger charge is 2.16. The predicted octanol–water partition coefficient (Wildman–Crippen LogP) is 1.77. The third-order valence-electron chi connectivity index (χ3n) is 2.67. The minimum absolute atomic E-state index is 0.0418. The Balaban J connectivity index is 1.80. The molecular weight excluding hydrogens is 276 g/mol. The van der Waals surface area contributed by atoms with Gasteiger partial charge in [0.25, 0.3) is 5.91 Å². The van der Waals surface area contributed by atoms with E-state index in [1.54, 1.807) is 12.1 Å². The van der Waals surface area contributed by atoms with E-state index in [9.17, 15) is 9.59 Å². The molecule has 6 nitrogen and oxygen atoms in total. The maximum Gasteiger partial charge on any atom is 0.275 e. The normalized spacial score (nSPS) is 13.3. The van der Waals surface area contributed by atoms with Gasteiger partial charge in [0.2, 0.25) is 5.91 Å². The van der Waals surface area contributed by atoms with E-state index in [1.807, 2.05) is 6.07 Å². The summed E-state index contributed by atoms with van der Waals surface area (Å²) in [6.07, 6.45) is 4.35. The molecule has 7 heteroatoms. The Hall–Kier alpha value is -2.41. The van der Waals surface area contributed by atoms with E-state index in [4.69, 9.17) is 0 Å². The van der Waals surface area contributed by atoms with Crippen LogP contribution in [0.25, 0.3) is 0 Å². The summed E-state index contributed by atoms with van der Waals surface area (Å²) in [6, 6.07) is 5.39. The van der Waals surface area contributed by atoms with Gasteiger partial charge in [-0.3, -0.25) is 14.6 Å². The zero-order chi connectivity index (χ0) is 13.9. The highest BCUT2D eigenvalue weighted by Crippen LogP contribution is 2.33. The first-order valence-corrected chi connectivity index (χ1v) is 6.85. The van der Waals surface area contributed by atoms with Gasteiger partial charge in [-0.1, -0.05) is 0 Å². The van der Waals surface area contributed by atoms with Crippen molar-refractivity contribution in [2.24, 2.45) is 0 Å². The lowest BCUT2D eigenvalue weighted by Crippen LogP contribution is -2.19. The molecular formula is C13H10N4O2S. The number of anilines is 2. The van der Waals surface area contributed by atoms with Gasteiger partial charge in [0.15, 0.2) is 0 Å². The number of hydrogen-bond donors (Lipinski definition) is 2. The largest absolute Gasteiger partial charge is 0.324 e. The zero-order valence-corrected chi connectivity index (χ0v) is 11.1. The van der Waals surface area contributed by atoms with Gasteiger partial charge in [0.1, 0.15) is 5.69 Å². The Morgan fingerprint density at radius 1 is 1.35 bits per heavy atom. The number of carbonyl (C=O) groups excluding carboxylic acids is 2. The number of hydrogen-bond acceptors (Lipinski definition) is 5. The van der Waals surface area contributed by atoms with Gasteiger partial charge < -0.3 is 10.6 Å². The van der Waals surface area contributed by atoms with Gasteiger partial charge in [0.05, 0.1) is 17.6 Å². The smallest absolute Gasteiger partial charge is 0.275 e. The van der Waals surface area contributed by atoms with Crippen molar-refractivity contribution in [3.05, 3.63) is 42.5 Å². The van der Waals surface area contributed by atoms with E-state index < -0.39 is 0 Å². The molecule has 1 aliphatic rings. The number of amides is 2. The Morgan fingerprint density at radius 2 is 2.25 bits per heavy atom. The van der Waals surface area contributed by atoms with Crippen LogP contribution in [-0.4, -0.2) is 27.5 Å². The van der Waals surface area contributed by atoms with Crippen molar-refractivity contribution in [1.82, 2.24) is 9.97 Å². The molecule has 2 aromatic rings. The van der Waals surface area contributed by atoms with Gasteiger partial charge in [0, 0.05) is 23.0 Å². The molecule has 1 aliphatic heterocycles. The molecule has 2 N–H and O–H groups in total. The molecule has 2 heterocycles. The summed E-state index contributed by atoms with van der Waals surface area (Å²) in [6.45, 7) is 0. The minimum atomic E-state index is -0.340. The number of rotatable bonds is 2. The Kier molecular flexibility index (Phi) is 3.34. The van der Waals surface area contributed by atoms with Crippen LogP contribution >= 0.6 is 11.8 Å². The van der Waals surface area contributed by atoms with E-state index in [-0.39, 0.29) is 17.5 Å². The third kappa shape index (κ3) is 2.62. The molecule has 100 valence electrons. The van der Waals surface area contributed by atoms with Crippen molar-refractivity contribution >= 4 is 35.0 Å². The second-order valence-electron chi connectivity index (χ2n) is 4.09. The van der Waals surface area contributed by atoms with E-state index >= 15 is 0 Å². The quantitative estimate of drug-likeness (QED) is 0.879. The highest BCUT2D eigenvalue weighted by molar-refractivity contribution is 8.00. The molecule has 0 spiro atoms. The van der Waals surface area contributed by atoms with Gasteiger partial charge in [-0.15, -0.1) is 11.8 Å². The predicted molar refractivity (Wildman–Crippen MR) is 75.8 cm³/mol. The second-order valence-corrected chi connectivity index (χ2v) is 5.11. The lowest BCUT2D eigenvalue weighted by atomic mass is 10.2. The number of carbonyl (C=O) groups is 2. The summed E-state index contributed by atoms with van der Waals surface area (Å²) in [4.78, 5) is 32.0. The van der Waals surface area contributed by atoms with Crippen LogP contribution in [0.1, 0.15) is 10.5 Å². The number of fused-ring (bicyclic) bond motifs is 1. The van der Waals surface area contributed by atoms with E-state index in [0.29, 0.717) is 17.1 Å². The van der Waals surface area contributed by atoms with Gasteiger partial charge in [-0.25, -0.2) is 4.98 Å². The van der Waals surface area contributed by atoms with Crippen molar-refractivity contribution in [2.75, 3.05) is 16.4 Å². The fourth-order valence-electron chi connectivity index (χ4n) is 1.77. The molecule has 0 aliphatic carbocycles. The van der Waals surface area contributed by atoms with Gasteiger partial charge >= 0.3 is 0 Å². The number of nitrogens with zero attached hydrogens (tertiary/aromatic N) is 2. The van der Waals surface area contributed by atoms with E-state index in [2.05, 4.69) is 20.6 Å². The molecule has 0 atom stereocenters. The van der Waals surface area contributed by atoms with E-state index in [1.165, 1.54) is 30.4 Å². The van der Waals surface area contributed by atoms with Crippen molar-refractivity contribution < 1.29 is 9.59 Å². The Bertz CT molecular complexity index is 675. The molecule has 1 aromatic heterocycles. The molecule has 0 bridgehead atoms. The first-order valence-electron chi connectivity index (χ1n) is 5.86. The molecule has 0 saturated heterocycles. The number of nitrogens with one attached hydrogen (secondary N) is 2. The van der Waals surface area contributed by atoms with Crippen LogP contribution in [0.2, 0.25) is 0 Å². The van der Waals surface area contributed by atoms with Crippen molar-refractivity contribution in [3.8, 4) is 0 Å². The van der Waals surface area contributed by atoms with Crippen LogP contribution in [0.5, 0.6) is 0 Å². The monoisotopic (exact) mass is 286 g/mol. The van der Waals surface area contributed by atoms with Crippen LogP contribution in [0, 0.1) is 0 Å². The second kappa shape index (κ2) is 5.30. The first-order chi connectivity index (χ1) is 9.72. The number of thioether (sulfide) groups is 1. The van der Waals surface area contributed by atoms with Crippen LogP contribution in [0.4, 0.5) is 11.4 Å². The summed E-state index contributed by atoms with van der Waals surface area (Å²) in [5, 5.41) is 5.50. The fourth-order valence-corrected chi connectivity index (χ4v) is 2.56. The fraction of sp³-hybridized carbons (Fsp3) is 0.0769. The zero-order valence-electron chi connectivity index (χ0n) is 10.3. The van der Waals surface area contributed by atoms with Gasteiger partial charge in [-0.2, -0.15) is 0 Å². The summed E-state index contributed by atoms with van der Waals surface area (Å²) in [5.41, 5.74) is 1.55. The first kappa shape index (κ1) is 12.6. The lowest BCUT2D eigenvalue weighted by molar-refractivity contribution is -0.113. The topological polar surface area (TPSA) is 84.0 Å². The van der Waals surface area contributed by atoms with Crippen molar-refractivity contribution in [1.29, 1.82) is 0 Å². The molecule has 20 heavy (non-hydrogen) atoms. The van der Waals surface area contributed by atoms with Crippen LogP contribution in [0.3, 0.4) is 0 Å². The lowest BCUT2D eigenvalue weighted by Gasteiger charge is -2.17. The molecule has 1 aromatic carbocycles. The summed E-state index contributed by atoms with van der Waals surface area (Å²) < 4.78 is 0. The summed E-state index contributed by atoms with van der Waals surface area (Å²) in [7, 11) is 0. The maximum absolute atomic E-state index is 11.9. The standard InChI is InChI=1S/C13H10N4O2S/c18-12-7-20-11-2-1-8(5-9(11)17-12)16-13(19)10-6-14-3-4-15-10/h1-6H,7H2,(H,16,19)(H,17,18). The third-order valence-corrected chi connectivity index (χ3v) is 3.74. The van der Waals surface area contributed by atoms with E-state index in [0.717, 1.165) is 4.90 Å². The molecule has 0 radical (unpaired) electrons. The maximum atomic E-state index is 11.9. The molecule has 3 rings (SSSR count). The molecule has 0 saturated carbocycles. The van der Waals surface area contributed by atoms with Gasteiger partial charge in [-0.05, 0) is 18.2 Å². The minimum Gasteiger partial charge on any atom is -0.324 e. The average Bonchev–Trinajstić information content (AvgIpc) is 2.47. The van der Waals surface area contributed by atoms with Crippen molar-refractivity contribution in [3.63, 3.8) is 0 Å². The van der Waals surface area contributed by atoms with Crippen LogP contribution in [0.15, 0.2) is 41.7 Å².